The number of Topliss-reactive ketones (excluding diaryl/α,β-unsaturated/α-hetero) is 2. The maximum atomic E-state index is 11.8. The Labute approximate surface area is 122 Å². The zero-order valence-corrected chi connectivity index (χ0v) is 11.1. The van der Waals surface area contributed by atoms with Crippen LogP contribution in [-0.4, -0.2) is 11.6 Å². The maximum Gasteiger partial charge on any atom is 0.170 e. The van der Waals surface area contributed by atoms with Crippen molar-refractivity contribution in [2.75, 3.05) is 0 Å². The zero-order chi connectivity index (χ0) is 12.1. The Morgan fingerprint density at radius 1 is 0.667 bits per heavy atom. The molecule has 0 saturated heterocycles. The van der Waals surface area contributed by atoms with Crippen molar-refractivity contribution in [2.45, 2.75) is 6.42 Å². The minimum Gasteiger partial charge on any atom is -0.294 e. The molecule has 0 spiro atoms. The van der Waals surface area contributed by atoms with Crippen LogP contribution in [-0.2, 0) is 22.4 Å². The van der Waals surface area contributed by atoms with Crippen molar-refractivity contribution in [3.8, 4) is 0 Å². The van der Waals surface area contributed by atoms with E-state index in [0.717, 1.165) is 0 Å². The zero-order valence-electron chi connectivity index (χ0n) is 9.60. The van der Waals surface area contributed by atoms with Gasteiger partial charge in [0.25, 0.3) is 0 Å². The molecule has 0 saturated carbocycles. The van der Waals surface area contributed by atoms with Crippen LogP contribution in [0.3, 0.4) is 0 Å². The SMILES string of the molecule is O=C(CC(=O)c1ccccc1)c1ccccc1.[Ag]. The average Bonchev–Trinajstić information content (AvgIpc) is 2.40. The molecule has 2 nitrogen and oxygen atoms in total. The minimum atomic E-state index is -0.139. The van der Waals surface area contributed by atoms with E-state index >= 15 is 0 Å². The topological polar surface area (TPSA) is 34.1 Å². The second-order valence-electron chi connectivity index (χ2n) is 3.76. The molecule has 0 unspecified atom stereocenters. The van der Waals surface area contributed by atoms with Crippen LogP contribution < -0.4 is 0 Å². The second kappa shape index (κ2) is 7.07. The summed E-state index contributed by atoms with van der Waals surface area (Å²) in [4.78, 5) is 23.6. The molecule has 0 aliphatic rings. The van der Waals surface area contributed by atoms with Crippen LogP contribution in [0.15, 0.2) is 60.7 Å². The third kappa shape index (κ3) is 3.77. The van der Waals surface area contributed by atoms with E-state index in [1.165, 1.54) is 0 Å². The van der Waals surface area contributed by atoms with Crippen molar-refractivity contribution in [3.63, 3.8) is 0 Å². The van der Waals surface area contributed by atoms with Crippen LogP contribution in [0.5, 0.6) is 0 Å². The van der Waals surface area contributed by atoms with Crippen LogP contribution in [0.1, 0.15) is 27.1 Å². The van der Waals surface area contributed by atoms with E-state index in [0.29, 0.717) is 11.1 Å². The normalized spacial score (nSPS) is 9.33. The largest absolute Gasteiger partial charge is 0.294 e. The standard InChI is InChI=1S/C15H12O2.Ag/c16-14(12-7-3-1-4-8-12)11-15(17)13-9-5-2-6-10-13;/h1-10H,11H2;. The van der Waals surface area contributed by atoms with Gasteiger partial charge in [-0.25, -0.2) is 0 Å². The van der Waals surface area contributed by atoms with Crippen LogP contribution in [0.25, 0.3) is 0 Å². The Bertz CT molecular complexity index is 471. The van der Waals surface area contributed by atoms with E-state index in [2.05, 4.69) is 0 Å². The van der Waals surface area contributed by atoms with Crippen molar-refractivity contribution in [2.24, 2.45) is 0 Å². The molecule has 0 aliphatic carbocycles. The van der Waals surface area contributed by atoms with Crippen LogP contribution in [0.4, 0.5) is 0 Å². The van der Waals surface area contributed by atoms with Crippen molar-refractivity contribution >= 4 is 11.6 Å². The summed E-state index contributed by atoms with van der Waals surface area (Å²) in [5, 5.41) is 0. The molecule has 3 heteroatoms. The fraction of sp³-hybridized carbons (Fsp3) is 0.0667. The fourth-order valence-electron chi connectivity index (χ4n) is 1.60. The Kier molecular flexibility index (Phi) is 5.72. The van der Waals surface area contributed by atoms with Gasteiger partial charge in [-0.2, -0.15) is 0 Å². The first kappa shape index (κ1) is 14.6. The quantitative estimate of drug-likeness (QED) is 0.490. The molecule has 18 heavy (non-hydrogen) atoms. The van der Waals surface area contributed by atoms with E-state index < -0.39 is 0 Å². The maximum absolute atomic E-state index is 11.8. The third-order valence-electron chi connectivity index (χ3n) is 2.51. The summed E-state index contributed by atoms with van der Waals surface area (Å²) >= 11 is 0. The summed E-state index contributed by atoms with van der Waals surface area (Å²) in [7, 11) is 0. The summed E-state index contributed by atoms with van der Waals surface area (Å²) in [5.41, 5.74) is 1.16. The van der Waals surface area contributed by atoms with Crippen LogP contribution in [0.2, 0.25) is 0 Å². The van der Waals surface area contributed by atoms with Gasteiger partial charge in [-0.15, -0.1) is 0 Å². The molecule has 0 fully saturated rings. The van der Waals surface area contributed by atoms with Crippen LogP contribution >= 0.6 is 0 Å². The molecule has 0 bridgehead atoms. The monoisotopic (exact) mass is 331 g/mol. The van der Waals surface area contributed by atoms with Gasteiger partial charge >= 0.3 is 0 Å². The Morgan fingerprint density at radius 2 is 1.00 bits per heavy atom. The summed E-state index contributed by atoms with van der Waals surface area (Å²) in [6.45, 7) is 0. The molecular weight excluding hydrogens is 320 g/mol. The number of hydrogen-bond donors (Lipinski definition) is 0. The number of hydrogen-bond acceptors (Lipinski definition) is 2. The Morgan fingerprint density at radius 3 is 1.33 bits per heavy atom. The molecule has 0 aromatic heterocycles. The molecule has 0 N–H and O–H groups in total. The van der Waals surface area contributed by atoms with Gasteiger partial charge in [0.15, 0.2) is 11.6 Å². The molecule has 0 amide bonds. The van der Waals surface area contributed by atoms with Crippen molar-refractivity contribution < 1.29 is 32.0 Å². The van der Waals surface area contributed by atoms with E-state index in [9.17, 15) is 9.59 Å². The van der Waals surface area contributed by atoms with E-state index in [1.54, 1.807) is 48.5 Å². The van der Waals surface area contributed by atoms with E-state index in [1.807, 2.05) is 12.1 Å². The van der Waals surface area contributed by atoms with E-state index in [-0.39, 0.29) is 40.4 Å². The molecular formula is C15H12AgO2. The second-order valence-corrected chi connectivity index (χ2v) is 3.76. The summed E-state index contributed by atoms with van der Waals surface area (Å²) in [6, 6.07) is 17.7. The number of benzene rings is 2. The molecule has 0 heterocycles. The predicted molar refractivity (Wildman–Crippen MR) is 66.2 cm³/mol. The number of carbonyl (C=O) groups excluding carboxylic acids is 2. The van der Waals surface area contributed by atoms with Gasteiger partial charge in [-0.05, 0) is 0 Å². The third-order valence-corrected chi connectivity index (χ3v) is 2.51. The van der Waals surface area contributed by atoms with Crippen molar-refractivity contribution in [3.05, 3.63) is 71.8 Å². The summed E-state index contributed by atoms with van der Waals surface area (Å²) in [5.74, 6) is -0.279. The first-order valence-corrected chi connectivity index (χ1v) is 5.44. The predicted octanol–water partition coefficient (Wildman–Crippen LogP) is 3.14. The molecule has 2 aromatic rings. The smallest absolute Gasteiger partial charge is 0.170 e. The average molecular weight is 332 g/mol. The molecule has 95 valence electrons. The van der Waals surface area contributed by atoms with Gasteiger partial charge in [0.05, 0.1) is 6.42 Å². The van der Waals surface area contributed by atoms with Gasteiger partial charge in [0, 0.05) is 33.5 Å². The number of carbonyl (C=O) groups is 2. The van der Waals surface area contributed by atoms with Crippen molar-refractivity contribution in [1.29, 1.82) is 0 Å². The van der Waals surface area contributed by atoms with E-state index in [4.69, 9.17) is 0 Å². The number of rotatable bonds is 4. The van der Waals surface area contributed by atoms with Gasteiger partial charge in [-0.3, -0.25) is 9.59 Å². The minimum absolute atomic E-state index is 0. The van der Waals surface area contributed by atoms with Crippen molar-refractivity contribution in [1.82, 2.24) is 0 Å². The van der Waals surface area contributed by atoms with Crippen LogP contribution in [0, 0.1) is 0 Å². The molecule has 2 aromatic carbocycles. The van der Waals surface area contributed by atoms with Gasteiger partial charge in [-0.1, -0.05) is 60.7 Å². The van der Waals surface area contributed by atoms with Gasteiger partial charge < -0.3 is 0 Å². The Balaban J connectivity index is 0.00000162. The number of ketones is 2. The molecule has 2 rings (SSSR count). The summed E-state index contributed by atoms with van der Waals surface area (Å²) < 4.78 is 0. The van der Waals surface area contributed by atoms with Gasteiger partial charge in [0.2, 0.25) is 0 Å². The molecule has 0 aliphatic heterocycles. The first-order chi connectivity index (χ1) is 8.27. The molecule has 1 radical (unpaired) electrons. The van der Waals surface area contributed by atoms with Gasteiger partial charge in [0.1, 0.15) is 0 Å². The Hall–Kier alpha value is -1.48. The summed E-state index contributed by atoms with van der Waals surface area (Å²) in [6.07, 6.45) is -0.0754. The first-order valence-electron chi connectivity index (χ1n) is 5.44. The fourth-order valence-corrected chi connectivity index (χ4v) is 1.60. The molecule has 0 atom stereocenters.